The highest BCUT2D eigenvalue weighted by Crippen LogP contribution is 2.24. The smallest absolute Gasteiger partial charge is 0.124 e. The van der Waals surface area contributed by atoms with Crippen molar-refractivity contribution in [3.05, 3.63) is 29.8 Å². The van der Waals surface area contributed by atoms with Crippen molar-refractivity contribution in [3.8, 4) is 5.75 Å². The first-order valence-corrected chi connectivity index (χ1v) is 6.73. The summed E-state index contributed by atoms with van der Waals surface area (Å²) in [6.45, 7) is 6.81. The zero-order chi connectivity index (χ0) is 13.2. The minimum Gasteiger partial charge on any atom is -0.493 e. The quantitative estimate of drug-likeness (QED) is 0.684. The van der Waals surface area contributed by atoms with Crippen LogP contribution in [-0.2, 0) is 4.74 Å². The van der Waals surface area contributed by atoms with Gasteiger partial charge in [0, 0.05) is 25.3 Å². The van der Waals surface area contributed by atoms with Gasteiger partial charge in [0.15, 0.2) is 0 Å². The molecule has 0 aliphatic carbocycles. The molecule has 1 atom stereocenters. The summed E-state index contributed by atoms with van der Waals surface area (Å²) in [6.07, 6.45) is 2.06. The maximum Gasteiger partial charge on any atom is 0.124 e. The van der Waals surface area contributed by atoms with E-state index < -0.39 is 0 Å². The number of methoxy groups -OCH3 is 1. The Kier molecular flexibility index (Phi) is 7.46. The van der Waals surface area contributed by atoms with Crippen molar-refractivity contribution in [3.63, 3.8) is 0 Å². The lowest BCUT2D eigenvalue weighted by Crippen LogP contribution is -2.21. The third-order valence-corrected chi connectivity index (χ3v) is 2.82. The fourth-order valence-corrected chi connectivity index (χ4v) is 1.83. The molecule has 0 aromatic heterocycles. The molecule has 1 rings (SSSR count). The Morgan fingerprint density at radius 3 is 2.72 bits per heavy atom. The number of rotatable bonds is 9. The van der Waals surface area contributed by atoms with Crippen LogP contribution in [-0.4, -0.2) is 26.9 Å². The Morgan fingerprint density at radius 1 is 1.22 bits per heavy atom. The molecule has 0 spiro atoms. The largest absolute Gasteiger partial charge is 0.493 e. The molecule has 0 heterocycles. The van der Waals surface area contributed by atoms with Crippen LogP contribution >= 0.6 is 0 Å². The zero-order valence-electron chi connectivity index (χ0n) is 11.7. The van der Waals surface area contributed by atoms with E-state index >= 15 is 0 Å². The van der Waals surface area contributed by atoms with E-state index in [0.717, 1.165) is 38.3 Å². The third kappa shape index (κ3) is 5.07. The van der Waals surface area contributed by atoms with Crippen molar-refractivity contribution in [2.75, 3.05) is 26.9 Å². The van der Waals surface area contributed by atoms with Crippen LogP contribution in [0.15, 0.2) is 24.3 Å². The number of hydrogen-bond acceptors (Lipinski definition) is 3. The monoisotopic (exact) mass is 251 g/mol. The molecule has 0 amide bonds. The van der Waals surface area contributed by atoms with E-state index in [-0.39, 0.29) is 0 Å². The summed E-state index contributed by atoms with van der Waals surface area (Å²) in [7, 11) is 1.73. The predicted molar refractivity (Wildman–Crippen MR) is 75.1 cm³/mol. The van der Waals surface area contributed by atoms with E-state index in [4.69, 9.17) is 9.47 Å². The highest BCUT2D eigenvalue weighted by atomic mass is 16.5. The molecule has 0 bridgehead atoms. The van der Waals surface area contributed by atoms with Crippen molar-refractivity contribution in [1.29, 1.82) is 0 Å². The lowest BCUT2D eigenvalue weighted by molar-refractivity contribution is 0.193. The van der Waals surface area contributed by atoms with Crippen molar-refractivity contribution in [1.82, 2.24) is 5.32 Å². The molecule has 0 radical (unpaired) electrons. The van der Waals surface area contributed by atoms with E-state index in [2.05, 4.69) is 31.3 Å². The van der Waals surface area contributed by atoms with Crippen LogP contribution in [0.4, 0.5) is 0 Å². The summed E-state index contributed by atoms with van der Waals surface area (Å²) >= 11 is 0. The van der Waals surface area contributed by atoms with Crippen LogP contribution in [0.3, 0.4) is 0 Å². The zero-order valence-corrected chi connectivity index (χ0v) is 11.7. The summed E-state index contributed by atoms with van der Waals surface area (Å²) in [5.41, 5.74) is 1.23. The van der Waals surface area contributed by atoms with Crippen LogP contribution in [0.1, 0.15) is 38.3 Å². The van der Waals surface area contributed by atoms with E-state index in [1.165, 1.54) is 5.56 Å². The van der Waals surface area contributed by atoms with Gasteiger partial charge in [-0.05, 0) is 32.4 Å². The molecule has 1 aromatic carbocycles. The van der Waals surface area contributed by atoms with Gasteiger partial charge >= 0.3 is 0 Å². The SMILES string of the molecule is CCCOc1ccccc1[C@H](C)NCCCOC. The molecular weight excluding hydrogens is 226 g/mol. The van der Waals surface area contributed by atoms with Gasteiger partial charge in [0.05, 0.1) is 6.61 Å². The van der Waals surface area contributed by atoms with Gasteiger partial charge in [-0.3, -0.25) is 0 Å². The summed E-state index contributed by atoms with van der Waals surface area (Å²) in [6, 6.07) is 8.54. The van der Waals surface area contributed by atoms with Gasteiger partial charge in [-0.1, -0.05) is 25.1 Å². The molecule has 1 N–H and O–H groups in total. The lowest BCUT2D eigenvalue weighted by atomic mass is 10.1. The van der Waals surface area contributed by atoms with Crippen LogP contribution in [0, 0.1) is 0 Å². The molecule has 0 unspecified atom stereocenters. The van der Waals surface area contributed by atoms with Gasteiger partial charge in [-0.15, -0.1) is 0 Å². The summed E-state index contributed by atoms with van der Waals surface area (Å²) in [5.74, 6) is 0.992. The van der Waals surface area contributed by atoms with Crippen molar-refractivity contribution in [2.24, 2.45) is 0 Å². The van der Waals surface area contributed by atoms with E-state index in [9.17, 15) is 0 Å². The lowest BCUT2D eigenvalue weighted by Gasteiger charge is -2.18. The van der Waals surface area contributed by atoms with Gasteiger partial charge in [-0.2, -0.15) is 0 Å². The second-order valence-electron chi connectivity index (χ2n) is 4.41. The van der Waals surface area contributed by atoms with Crippen LogP contribution < -0.4 is 10.1 Å². The standard InChI is InChI=1S/C15H25NO2/c1-4-11-18-15-9-6-5-8-14(15)13(2)16-10-7-12-17-3/h5-6,8-9,13,16H,4,7,10-12H2,1-3H3/t13-/m0/s1. The minimum atomic E-state index is 0.301. The highest BCUT2D eigenvalue weighted by molar-refractivity contribution is 5.35. The Labute approximate surface area is 110 Å². The minimum absolute atomic E-state index is 0.301. The molecule has 1 aromatic rings. The van der Waals surface area contributed by atoms with Gasteiger partial charge in [0.1, 0.15) is 5.75 Å². The number of para-hydroxylation sites is 1. The van der Waals surface area contributed by atoms with E-state index in [1.54, 1.807) is 7.11 Å². The van der Waals surface area contributed by atoms with E-state index in [0.29, 0.717) is 6.04 Å². The molecule has 3 heteroatoms. The first-order valence-electron chi connectivity index (χ1n) is 6.73. The molecule has 3 nitrogen and oxygen atoms in total. The second kappa shape index (κ2) is 8.95. The average molecular weight is 251 g/mol. The molecule has 0 saturated heterocycles. The van der Waals surface area contributed by atoms with Crippen LogP contribution in [0.5, 0.6) is 5.75 Å². The first kappa shape index (κ1) is 15.0. The maximum atomic E-state index is 5.77. The van der Waals surface area contributed by atoms with Gasteiger partial charge < -0.3 is 14.8 Å². The van der Waals surface area contributed by atoms with Gasteiger partial charge in [0.25, 0.3) is 0 Å². The van der Waals surface area contributed by atoms with Gasteiger partial charge in [0.2, 0.25) is 0 Å². The van der Waals surface area contributed by atoms with E-state index in [1.807, 2.05) is 12.1 Å². The Morgan fingerprint density at radius 2 is 2.00 bits per heavy atom. The van der Waals surface area contributed by atoms with Gasteiger partial charge in [-0.25, -0.2) is 0 Å². The number of nitrogens with one attached hydrogen (secondary N) is 1. The molecule has 0 saturated carbocycles. The van der Waals surface area contributed by atoms with Crippen molar-refractivity contribution in [2.45, 2.75) is 32.7 Å². The Hall–Kier alpha value is -1.06. The second-order valence-corrected chi connectivity index (χ2v) is 4.41. The Bertz CT molecular complexity index is 328. The normalized spacial score (nSPS) is 12.4. The summed E-state index contributed by atoms with van der Waals surface area (Å²) in [5, 5.41) is 3.49. The number of ether oxygens (including phenoxy) is 2. The molecule has 0 fully saturated rings. The number of benzene rings is 1. The average Bonchev–Trinajstić information content (AvgIpc) is 2.41. The summed E-state index contributed by atoms with van der Waals surface area (Å²) < 4.78 is 10.8. The predicted octanol–water partition coefficient (Wildman–Crippen LogP) is 3.16. The fourth-order valence-electron chi connectivity index (χ4n) is 1.83. The third-order valence-electron chi connectivity index (χ3n) is 2.82. The fraction of sp³-hybridized carbons (Fsp3) is 0.600. The van der Waals surface area contributed by atoms with Crippen molar-refractivity contribution >= 4 is 0 Å². The Balaban J connectivity index is 2.52. The van der Waals surface area contributed by atoms with Crippen LogP contribution in [0.2, 0.25) is 0 Å². The topological polar surface area (TPSA) is 30.5 Å². The molecule has 0 aliphatic heterocycles. The molecular formula is C15H25NO2. The summed E-state index contributed by atoms with van der Waals surface area (Å²) in [4.78, 5) is 0. The molecule has 18 heavy (non-hydrogen) atoms. The number of hydrogen-bond donors (Lipinski definition) is 1. The maximum absolute atomic E-state index is 5.77. The first-order chi connectivity index (χ1) is 8.79. The van der Waals surface area contributed by atoms with Crippen LogP contribution in [0.25, 0.3) is 0 Å². The molecule has 102 valence electrons. The molecule has 0 aliphatic rings. The van der Waals surface area contributed by atoms with Crippen molar-refractivity contribution < 1.29 is 9.47 Å². The highest BCUT2D eigenvalue weighted by Gasteiger charge is 2.10.